The van der Waals surface area contributed by atoms with Gasteiger partial charge < -0.3 is 0 Å². The number of hydrogen-bond acceptors (Lipinski definition) is 4. The van der Waals surface area contributed by atoms with Crippen LogP contribution in [-0.4, -0.2) is 0 Å². The quantitative estimate of drug-likeness (QED) is 0.327. The van der Waals surface area contributed by atoms with E-state index in [-0.39, 0.29) is 0 Å². The van der Waals surface area contributed by atoms with E-state index < -0.39 is 10.2 Å². The Bertz CT molecular complexity index is 267. The summed E-state index contributed by atoms with van der Waals surface area (Å²) in [6.07, 6.45) is 8.16. The zero-order valence-corrected chi connectivity index (χ0v) is 7.06. The van der Waals surface area contributed by atoms with Gasteiger partial charge >= 0.3 is 12.5 Å². The monoisotopic (exact) mass is 204 g/mol. The van der Waals surface area contributed by atoms with Gasteiger partial charge in [0.05, 0.1) is 12.1 Å². The summed E-state index contributed by atoms with van der Waals surface area (Å²) in [5, 5.41) is 0. The largest absolute Gasteiger partial charge is 0.319 e. The molecule has 0 saturated heterocycles. The fourth-order valence-corrected chi connectivity index (χ4v) is 0.422. The second kappa shape index (κ2) is 5.48. The van der Waals surface area contributed by atoms with Crippen molar-refractivity contribution in [1.82, 2.24) is 0 Å². The molecule has 0 N–H and O–H groups in total. The van der Waals surface area contributed by atoms with Gasteiger partial charge in [-0.05, 0) is 0 Å². The molecule has 5 nitrogen and oxygen atoms in total. The molecular formula is C7H5ClO5. The zero-order valence-electron chi connectivity index (χ0n) is 6.31. The maximum atomic E-state index is 8.49. The van der Waals surface area contributed by atoms with E-state index >= 15 is 0 Å². The highest BCUT2D eigenvalue weighted by molar-refractivity contribution is 5.27. The van der Waals surface area contributed by atoms with Crippen LogP contribution in [0, 0.1) is 22.6 Å². The van der Waals surface area contributed by atoms with Crippen molar-refractivity contribution in [1.29, 1.82) is 0 Å². The Kier molecular flexibility index (Phi) is 4.99. The molecule has 13 heavy (non-hydrogen) atoms. The standard InChI is InChI=1S/C7H5O.ClHO4/c1-2-7-3-5-8-6-4-7;2-1(3,4)5/h1,3-6H;(H,2,3,4,5)/q+1;/p-1. The fourth-order valence-electron chi connectivity index (χ4n) is 0.422. The predicted octanol–water partition coefficient (Wildman–Crippen LogP) is -3.21. The molecule has 0 bridgehead atoms. The highest BCUT2D eigenvalue weighted by Crippen LogP contribution is 1.92. The first-order chi connectivity index (χ1) is 5.93. The molecular weight excluding hydrogens is 200 g/mol. The van der Waals surface area contributed by atoms with Crippen molar-refractivity contribution >= 4 is 0 Å². The Labute approximate surface area is 76.6 Å². The Morgan fingerprint density at radius 3 is 1.77 bits per heavy atom. The minimum Gasteiger partial charge on any atom is -0.224 e. The SMILES string of the molecule is C#Cc1cc[o+]cc1.[O-][Cl+3]([O-])([O-])[O-]. The third kappa shape index (κ3) is 10.8. The van der Waals surface area contributed by atoms with Gasteiger partial charge in [0.2, 0.25) is 0 Å². The normalized spacial score (nSPS) is 9.46. The average Bonchev–Trinajstić information content (AvgIpc) is 2.03. The smallest absolute Gasteiger partial charge is 0.224 e. The minimum absolute atomic E-state index is 0.844. The second-order valence-corrected chi connectivity index (χ2v) is 2.48. The number of halogens is 1. The molecule has 0 aliphatic rings. The van der Waals surface area contributed by atoms with E-state index in [1.165, 1.54) is 0 Å². The van der Waals surface area contributed by atoms with Gasteiger partial charge in [0.1, 0.15) is 0 Å². The van der Waals surface area contributed by atoms with Crippen LogP contribution in [0.25, 0.3) is 0 Å². The molecule has 6 heteroatoms. The van der Waals surface area contributed by atoms with Crippen molar-refractivity contribution < 1.29 is 33.3 Å². The van der Waals surface area contributed by atoms with Crippen molar-refractivity contribution in [3.05, 3.63) is 30.2 Å². The van der Waals surface area contributed by atoms with E-state index in [1.807, 2.05) is 0 Å². The molecule has 0 unspecified atom stereocenters. The molecule has 0 atom stereocenters. The Balaban J connectivity index is 0.000000252. The maximum absolute atomic E-state index is 8.49. The summed E-state index contributed by atoms with van der Waals surface area (Å²) in [6, 6.07) is 3.47. The van der Waals surface area contributed by atoms with Crippen molar-refractivity contribution in [2.75, 3.05) is 0 Å². The molecule has 0 aromatic carbocycles. The first kappa shape index (κ1) is 11.8. The zero-order chi connectivity index (χ0) is 10.3. The van der Waals surface area contributed by atoms with E-state index in [9.17, 15) is 0 Å². The van der Waals surface area contributed by atoms with Gasteiger partial charge in [0.15, 0.2) is 0 Å². The summed E-state index contributed by atoms with van der Waals surface area (Å²) < 4.78 is 38.7. The minimum atomic E-state index is -4.94. The van der Waals surface area contributed by atoms with Crippen LogP contribution in [0.5, 0.6) is 0 Å². The van der Waals surface area contributed by atoms with Crippen LogP contribution in [0.15, 0.2) is 29.1 Å². The van der Waals surface area contributed by atoms with E-state index in [4.69, 9.17) is 29.5 Å². The molecule has 0 fully saturated rings. The predicted molar refractivity (Wildman–Crippen MR) is 31.0 cm³/mol. The van der Waals surface area contributed by atoms with Crippen LogP contribution in [0.1, 0.15) is 5.56 Å². The maximum Gasteiger partial charge on any atom is 0.319 e. The molecule has 0 saturated carbocycles. The van der Waals surface area contributed by atoms with Crippen LogP contribution in [0.4, 0.5) is 0 Å². The van der Waals surface area contributed by atoms with Crippen LogP contribution in [0.3, 0.4) is 0 Å². The summed E-state index contributed by atoms with van der Waals surface area (Å²) in [5.74, 6) is 2.47. The Morgan fingerprint density at radius 2 is 1.54 bits per heavy atom. The van der Waals surface area contributed by atoms with Gasteiger partial charge in [0.25, 0.3) is 0 Å². The average molecular weight is 205 g/mol. The van der Waals surface area contributed by atoms with Gasteiger partial charge in [-0.1, -0.05) is 5.92 Å². The molecule has 0 spiro atoms. The first-order valence-corrected chi connectivity index (χ1v) is 4.11. The molecule has 70 valence electrons. The third-order valence-electron chi connectivity index (χ3n) is 0.819. The molecule has 1 heterocycles. The third-order valence-corrected chi connectivity index (χ3v) is 0.819. The van der Waals surface area contributed by atoms with E-state index in [0.717, 1.165) is 5.56 Å². The van der Waals surface area contributed by atoms with Crippen LogP contribution in [0.2, 0.25) is 0 Å². The number of rotatable bonds is 0. The second-order valence-electron chi connectivity index (χ2n) is 1.72. The van der Waals surface area contributed by atoms with Gasteiger partial charge in [0, 0.05) is 5.56 Å². The van der Waals surface area contributed by atoms with Gasteiger partial charge in [-0.2, -0.15) is 0 Å². The van der Waals surface area contributed by atoms with E-state index in [1.54, 1.807) is 24.7 Å². The van der Waals surface area contributed by atoms with Crippen molar-refractivity contribution in [3.63, 3.8) is 0 Å². The molecule has 0 aliphatic carbocycles. The highest BCUT2D eigenvalue weighted by atomic mass is 35.7. The van der Waals surface area contributed by atoms with Gasteiger partial charge in [-0.25, -0.2) is 23.1 Å². The van der Waals surface area contributed by atoms with Gasteiger partial charge in [-0.15, -0.1) is 16.7 Å². The fraction of sp³-hybridized carbons (Fsp3) is 0. The topological polar surface area (TPSA) is 104 Å². The molecule has 0 amide bonds. The van der Waals surface area contributed by atoms with Crippen LogP contribution >= 0.6 is 0 Å². The van der Waals surface area contributed by atoms with E-state index in [2.05, 4.69) is 5.92 Å². The summed E-state index contributed by atoms with van der Waals surface area (Å²) >= 11 is 0. The summed E-state index contributed by atoms with van der Waals surface area (Å²) in [6.45, 7) is 0. The summed E-state index contributed by atoms with van der Waals surface area (Å²) in [4.78, 5) is 0. The number of hydrogen-bond donors (Lipinski definition) is 0. The lowest BCUT2D eigenvalue weighted by molar-refractivity contribution is -2.00. The lowest BCUT2D eigenvalue weighted by atomic mass is 10.3. The Morgan fingerprint density at radius 1 is 1.15 bits per heavy atom. The lowest BCUT2D eigenvalue weighted by Crippen LogP contribution is -2.68. The molecule has 0 aliphatic heterocycles. The lowest BCUT2D eigenvalue weighted by Gasteiger charge is -2.17. The van der Waals surface area contributed by atoms with E-state index in [0.29, 0.717) is 0 Å². The van der Waals surface area contributed by atoms with Crippen molar-refractivity contribution in [3.8, 4) is 12.3 Å². The molecule has 1 aromatic heterocycles. The summed E-state index contributed by atoms with van der Waals surface area (Å²) in [7, 11) is -4.94. The molecule has 1 aromatic rings. The van der Waals surface area contributed by atoms with Gasteiger partial charge in [-0.3, -0.25) is 0 Å². The summed E-state index contributed by atoms with van der Waals surface area (Å²) in [5.41, 5.74) is 0.844. The Hall–Kier alpha value is -1.16. The highest BCUT2D eigenvalue weighted by Gasteiger charge is 1.86. The van der Waals surface area contributed by atoms with Crippen molar-refractivity contribution in [2.45, 2.75) is 0 Å². The van der Waals surface area contributed by atoms with Crippen LogP contribution in [-0.2, 0) is 0 Å². The molecule has 1 rings (SSSR count). The van der Waals surface area contributed by atoms with Crippen molar-refractivity contribution in [2.24, 2.45) is 0 Å². The first-order valence-electron chi connectivity index (χ1n) is 2.87. The van der Waals surface area contributed by atoms with Crippen LogP contribution < -0.4 is 18.6 Å². The molecule has 0 radical (unpaired) electrons. The number of terminal acetylenes is 1.